The zero-order valence-corrected chi connectivity index (χ0v) is 14.9. The van der Waals surface area contributed by atoms with Crippen LogP contribution in [0.4, 0.5) is 0 Å². The molecule has 0 unspecified atom stereocenters. The summed E-state index contributed by atoms with van der Waals surface area (Å²) in [7, 11) is 0. The lowest BCUT2D eigenvalue weighted by Crippen LogP contribution is -2.44. The van der Waals surface area contributed by atoms with Crippen molar-refractivity contribution in [3.05, 3.63) is 42.4 Å². The molecule has 0 radical (unpaired) electrons. The molecule has 1 amide bonds. The molecule has 2 fully saturated rings. The van der Waals surface area contributed by atoms with E-state index >= 15 is 0 Å². The fourth-order valence-corrected chi connectivity index (χ4v) is 4.37. The molecule has 4 rings (SSSR count). The van der Waals surface area contributed by atoms with Crippen LogP contribution in [0.3, 0.4) is 0 Å². The van der Waals surface area contributed by atoms with E-state index in [0.717, 1.165) is 19.5 Å². The molecule has 2 aliphatic rings. The number of nitrogens with zero attached hydrogens (tertiary/aromatic N) is 5. The maximum atomic E-state index is 13.0. The van der Waals surface area contributed by atoms with Crippen molar-refractivity contribution in [2.45, 2.75) is 51.2 Å². The Kier molecular flexibility index (Phi) is 4.29. The highest BCUT2D eigenvalue weighted by Gasteiger charge is 2.39. The van der Waals surface area contributed by atoms with E-state index in [9.17, 15) is 4.79 Å². The molecule has 6 heteroatoms. The predicted molar refractivity (Wildman–Crippen MR) is 95.7 cm³/mol. The van der Waals surface area contributed by atoms with Gasteiger partial charge in [0.15, 0.2) is 5.82 Å². The second-order valence-electron chi connectivity index (χ2n) is 7.30. The molecular weight excluding hydrogens is 314 g/mol. The Bertz CT molecular complexity index is 742. The fraction of sp³-hybridized carbons (Fsp3) is 0.526. The maximum absolute atomic E-state index is 13.0. The number of likely N-dealkylation sites (tertiary alicyclic amines) is 1. The molecule has 0 aliphatic carbocycles. The Morgan fingerprint density at radius 3 is 2.76 bits per heavy atom. The van der Waals surface area contributed by atoms with Crippen molar-refractivity contribution in [3.8, 4) is 5.82 Å². The van der Waals surface area contributed by atoms with Gasteiger partial charge in [-0.3, -0.25) is 9.69 Å². The van der Waals surface area contributed by atoms with Gasteiger partial charge in [-0.15, -0.1) is 0 Å². The molecule has 2 bridgehead atoms. The lowest BCUT2D eigenvalue weighted by molar-refractivity contribution is 0.0722. The summed E-state index contributed by atoms with van der Waals surface area (Å²) in [6.45, 7) is 6.15. The fourth-order valence-electron chi connectivity index (χ4n) is 4.37. The van der Waals surface area contributed by atoms with Gasteiger partial charge >= 0.3 is 0 Å². The maximum Gasteiger partial charge on any atom is 0.272 e. The van der Waals surface area contributed by atoms with Crippen molar-refractivity contribution in [1.82, 2.24) is 24.6 Å². The summed E-state index contributed by atoms with van der Waals surface area (Å²) in [5.41, 5.74) is 0.502. The van der Waals surface area contributed by atoms with Gasteiger partial charge in [-0.1, -0.05) is 6.07 Å². The topological polar surface area (TPSA) is 54.3 Å². The lowest BCUT2D eigenvalue weighted by atomic mass is 10.1. The van der Waals surface area contributed by atoms with E-state index in [1.165, 1.54) is 12.8 Å². The number of carbonyl (C=O) groups excluding carboxylic acids is 1. The average molecular weight is 339 g/mol. The minimum Gasteiger partial charge on any atom is -0.336 e. The summed E-state index contributed by atoms with van der Waals surface area (Å²) in [6.07, 6.45) is 7.05. The summed E-state index contributed by atoms with van der Waals surface area (Å²) in [4.78, 5) is 22.2. The number of amides is 1. The van der Waals surface area contributed by atoms with Crippen LogP contribution in [0, 0.1) is 0 Å². The van der Waals surface area contributed by atoms with Gasteiger partial charge in [0.05, 0.1) is 0 Å². The van der Waals surface area contributed by atoms with Crippen LogP contribution in [-0.2, 0) is 0 Å². The zero-order valence-electron chi connectivity index (χ0n) is 14.9. The Hall–Kier alpha value is -2.21. The molecule has 2 atom stereocenters. The van der Waals surface area contributed by atoms with Gasteiger partial charge in [0.25, 0.3) is 5.91 Å². The third-order valence-corrected chi connectivity index (χ3v) is 5.42. The minimum absolute atomic E-state index is 0.0327. The zero-order chi connectivity index (χ0) is 17.4. The van der Waals surface area contributed by atoms with Crippen molar-refractivity contribution < 1.29 is 4.79 Å². The smallest absolute Gasteiger partial charge is 0.272 e. The van der Waals surface area contributed by atoms with Crippen molar-refractivity contribution >= 4 is 5.91 Å². The van der Waals surface area contributed by atoms with E-state index in [1.807, 2.05) is 29.3 Å². The van der Waals surface area contributed by atoms with Crippen molar-refractivity contribution in [3.63, 3.8) is 0 Å². The number of hydrogen-bond acceptors (Lipinski definition) is 4. The number of carbonyl (C=O) groups is 1. The Morgan fingerprint density at radius 2 is 2.00 bits per heavy atom. The van der Waals surface area contributed by atoms with Gasteiger partial charge in [0.1, 0.15) is 5.69 Å². The summed E-state index contributed by atoms with van der Waals surface area (Å²) < 4.78 is 1.68. The monoisotopic (exact) mass is 339 g/mol. The van der Waals surface area contributed by atoms with Crippen LogP contribution in [0.2, 0.25) is 0 Å². The van der Waals surface area contributed by atoms with Gasteiger partial charge in [-0.2, -0.15) is 5.10 Å². The van der Waals surface area contributed by atoms with Crippen LogP contribution in [0.25, 0.3) is 5.82 Å². The van der Waals surface area contributed by atoms with Crippen LogP contribution >= 0.6 is 0 Å². The lowest BCUT2D eigenvalue weighted by Gasteiger charge is -2.32. The second kappa shape index (κ2) is 6.59. The third-order valence-electron chi connectivity index (χ3n) is 5.42. The molecule has 2 aromatic rings. The molecule has 0 aromatic carbocycles. The van der Waals surface area contributed by atoms with Gasteiger partial charge in [-0.25, -0.2) is 9.67 Å². The number of aromatic nitrogens is 3. The Morgan fingerprint density at radius 1 is 1.16 bits per heavy atom. The first-order valence-electron chi connectivity index (χ1n) is 9.17. The SMILES string of the molecule is CC(C)N1[C@H]2CC[C@H]1CN(C(=O)c1cccc(-n3cccn3)n1)CC2. The van der Waals surface area contributed by atoms with E-state index in [1.54, 1.807) is 16.9 Å². The molecule has 0 spiro atoms. The predicted octanol–water partition coefficient (Wildman–Crippen LogP) is 2.35. The van der Waals surface area contributed by atoms with Crippen molar-refractivity contribution in [2.75, 3.05) is 13.1 Å². The third kappa shape index (κ3) is 3.06. The normalized spacial score (nSPS) is 23.9. The van der Waals surface area contributed by atoms with Gasteiger partial charge in [0, 0.05) is 43.6 Å². The first kappa shape index (κ1) is 16.3. The molecule has 132 valence electrons. The number of fused-ring (bicyclic) bond motifs is 2. The Balaban J connectivity index is 1.55. The van der Waals surface area contributed by atoms with Crippen LogP contribution in [-0.4, -0.2) is 61.7 Å². The first-order valence-corrected chi connectivity index (χ1v) is 9.17. The largest absolute Gasteiger partial charge is 0.336 e. The van der Waals surface area contributed by atoms with Gasteiger partial charge in [0.2, 0.25) is 0 Å². The molecule has 4 heterocycles. The van der Waals surface area contributed by atoms with E-state index < -0.39 is 0 Å². The van der Waals surface area contributed by atoms with E-state index in [0.29, 0.717) is 29.6 Å². The van der Waals surface area contributed by atoms with Gasteiger partial charge in [-0.05, 0) is 51.3 Å². The van der Waals surface area contributed by atoms with E-state index in [-0.39, 0.29) is 5.91 Å². The standard InChI is InChI=1S/C19H25N5O/c1-14(2)24-15-7-8-16(24)13-22(12-9-15)19(25)17-5-3-6-18(21-17)23-11-4-10-20-23/h3-6,10-11,14-16H,7-9,12-13H2,1-2H3/t15-,16-/m0/s1. The number of rotatable bonds is 3. The molecule has 2 saturated heterocycles. The number of hydrogen-bond donors (Lipinski definition) is 0. The highest BCUT2D eigenvalue weighted by Crippen LogP contribution is 2.32. The summed E-state index contributed by atoms with van der Waals surface area (Å²) in [6, 6.07) is 9.03. The van der Waals surface area contributed by atoms with Gasteiger partial charge < -0.3 is 4.90 Å². The minimum atomic E-state index is 0.0327. The Labute approximate surface area is 148 Å². The van der Waals surface area contributed by atoms with Crippen molar-refractivity contribution in [2.24, 2.45) is 0 Å². The first-order chi connectivity index (χ1) is 12.1. The molecule has 2 aliphatic heterocycles. The molecular formula is C19H25N5O. The van der Waals surface area contributed by atoms with Crippen LogP contribution in [0.15, 0.2) is 36.7 Å². The summed E-state index contributed by atoms with van der Waals surface area (Å²) >= 11 is 0. The molecule has 0 N–H and O–H groups in total. The van der Waals surface area contributed by atoms with Crippen LogP contribution < -0.4 is 0 Å². The number of pyridine rings is 1. The molecule has 6 nitrogen and oxygen atoms in total. The van der Waals surface area contributed by atoms with Crippen molar-refractivity contribution in [1.29, 1.82) is 0 Å². The van der Waals surface area contributed by atoms with Crippen LogP contribution in [0.5, 0.6) is 0 Å². The van der Waals surface area contributed by atoms with E-state index in [2.05, 4.69) is 28.8 Å². The summed E-state index contributed by atoms with van der Waals surface area (Å²) in [5, 5.41) is 4.20. The summed E-state index contributed by atoms with van der Waals surface area (Å²) in [5.74, 6) is 0.710. The highest BCUT2D eigenvalue weighted by molar-refractivity contribution is 5.92. The van der Waals surface area contributed by atoms with E-state index in [4.69, 9.17) is 0 Å². The van der Waals surface area contributed by atoms with Crippen LogP contribution in [0.1, 0.15) is 43.6 Å². The quantitative estimate of drug-likeness (QED) is 0.861. The molecule has 0 saturated carbocycles. The highest BCUT2D eigenvalue weighted by atomic mass is 16.2. The average Bonchev–Trinajstić information content (AvgIpc) is 3.22. The molecule has 25 heavy (non-hydrogen) atoms. The molecule has 2 aromatic heterocycles. The second-order valence-corrected chi connectivity index (χ2v) is 7.30.